The number of carbonyl (C=O) groups excluding carboxylic acids is 4. The third-order valence-corrected chi connectivity index (χ3v) is 6.36. The second-order valence-corrected chi connectivity index (χ2v) is 8.69. The average Bonchev–Trinajstić information content (AvgIpc) is 3.44. The number of amides is 4. The van der Waals surface area contributed by atoms with Gasteiger partial charge in [0, 0.05) is 35.3 Å². The Kier molecular flexibility index (Phi) is 5.77. The Labute approximate surface area is 205 Å². The standard InChI is InChI=1S/C25H21N7O4/c1-14-4-2-5-15(17(14)10-26)20-12-31(30-29-20)13-23(34)27-19-7-3-6-16-18(19)11-32(25(16)36)21-8-9-22(33)28-24(21)35/h2-7,12,21H,8-9,11,13H2,1H3,(H,27,34)(H,28,33,35). The molecule has 2 aromatic carbocycles. The minimum Gasteiger partial charge on any atom is -0.324 e. The van der Waals surface area contributed by atoms with Crippen LogP contribution in [0.2, 0.25) is 0 Å². The summed E-state index contributed by atoms with van der Waals surface area (Å²) < 4.78 is 1.37. The summed E-state index contributed by atoms with van der Waals surface area (Å²) in [5, 5.41) is 22.7. The molecule has 1 fully saturated rings. The Morgan fingerprint density at radius 2 is 1.97 bits per heavy atom. The molecule has 1 unspecified atom stereocenters. The second-order valence-electron chi connectivity index (χ2n) is 8.69. The number of nitriles is 1. The first-order valence-corrected chi connectivity index (χ1v) is 11.3. The summed E-state index contributed by atoms with van der Waals surface area (Å²) in [4.78, 5) is 51.0. The zero-order valence-electron chi connectivity index (χ0n) is 19.3. The van der Waals surface area contributed by atoms with Crippen LogP contribution >= 0.6 is 0 Å². The fourth-order valence-electron chi connectivity index (χ4n) is 4.57. The first kappa shape index (κ1) is 22.9. The van der Waals surface area contributed by atoms with Crippen LogP contribution in [0.5, 0.6) is 0 Å². The van der Waals surface area contributed by atoms with Crippen LogP contribution in [0.3, 0.4) is 0 Å². The van der Waals surface area contributed by atoms with Crippen molar-refractivity contribution >= 4 is 29.3 Å². The van der Waals surface area contributed by atoms with Crippen molar-refractivity contribution in [1.29, 1.82) is 5.26 Å². The van der Waals surface area contributed by atoms with Crippen LogP contribution in [0.25, 0.3) is 11.3 Å². The predicted molar refractivity (Wildman–Crippen MR) is 126 cm³/mol. The number of anilines is 1. The lowest BCUT2D eigenvalue weighted by Crippen LogP contribution is -2.52. The summed E-state index contributed by atoms with van der Waals surface area (Å²) in [6.45, 7) is 1.86. The van der Waals surface area contributed by atoms with E-state index in [1.165, 1.54) is 9.58 Å². The van der Waals surface area contributed by atoms with Crippen molar-refractivity contribution in [2.24, 2.45) is 0 Å². The maximum atomic E-state index is 13.0. The summed E-state index contributed by atoms with van der Waals surface area (Å²) >= 11 is 0. The highest BCUT2D eigenvalue weighted by Crippen LogP contribution is 2.32. The van der Waals surface area contributed by atoms with Crippen molar-refractivity contribution in [2.75, 3.05) is 5.32 Å². The quantitative estimate of drug-likeness (QED) is 0.522. The lowest BCUT2D eigenvalue weighted by molar-refractivity contribution is -0.137. The van der Waals surface area contributed by atoms with Gasteiger partial charge in [-0.25, -0.2) is 4.68 Å². The molecule has 1 saturated heterocycles. The Hall–Kier alpha value is -4.85. The number of fused-ring (bicyclic) bond motifs is 1. The van der Waals surface area contributed by atoms with E-state index in [0.29, 0.717) is 33.6 Å². The normalized spacial score (nSPS) is 16.9. The number of imide groups is 1. The molecule has 1 atom stereocenters. The van der Waals surface area contributed by atoms with Crippen molar-refractivity contribution in [3.63, 3.8) is 0 Å². The molecule has 3 aromatic rings. The van der Waals surface area contributed by atoms with Gasteiger partial charge in [-0.3, -0.25) is 24.5 Å². The van der Waals surface area contributed by atoms with Crippen LogP contribution in [0, 0.1) is 18.3 Å². The van der Waals surface area contributed by atoms with E-state index in [1.54, 1.807) is 30.5 Å². The maximum Gasteiger partial charge on any atom is 0.255 e. The fraction of sp³-hybridized carbons (Fsp3) is 0.240. The van der Waals surface area contributed by atoms with E-state index in [9.17, 15) is 24.4 Å². The van der Waals surface area contributed by atoms with Gasteiger partial charge >= 0.3 is 0 Å². The molecule has 2 aliphatic heterocycles. The Morgan fingerprint density at radius 1 is 1.19 bits per heavy atom. The van der Waals surface area contributed by atoms with Gasteiger partial charge in [0.2, 0.25) is 17.7 Å². The van der Waals surface area contributed by atoms with Gasteiger partial charge in [-0.2, -0.15) is 5.26 Å². The SMILES string of the molecule is Cc1cccc(-c2cn(CC(=O)Nc3cccc4c3CN(C3CCC(=O)NC3=O)C4=O)nn2)c1C#N. The number of aryl methyl sites for hydroxylation is 1. The molecular weight excluding hydrogens is 462 g/mol. The number of nitrogens with zero attached hydrogens (tertiary/aromatic N) is 5. The minimum absolute atomic E-state index is 0.130. The van der Waals surface area contributed by atoms with Crippen LogP contribution < -0.4 is 10.6 Å². The molecule has 0 saturated carbocycles. The second kappa shape index (κ2) is 9.07. The number of hydrogen-bond acceptors (Lipinski definition) is 7. The molecular formula is C25H21N7O4. The zero-order valence-corrected chi connectivity index (χ0v) is 19.3. The molecule has 2 N–H and O–H groups in total. The molecule has 36 heavy (non-hydrogen) atoms. The van der Waals surface area contributed by atoms with E-state index in [1.807, 2.05) is 19.1 Å². The highest BCUT2D eigenvalue weighted by molar-refractivity contribution is 6.06. The number of piperidine rings is 1. The molecule has 0 aliphatic carbocycles. The van der Waals surface area contributed by atoms with Gasteiger partial charge < -0.3 is 10.2 Å². The molecule has 11 nitrogen and oxygen atoms in total. The van der Waals surface area contributed by atoms with E-state index in [4.69, 9.17) is 0 Å². The van der Waals surface area contributed by atoms with Crippen molar-refractivity contribution < 1.29 is 19.2 Å². The lowest BCUT2D eigenvalue weighted by Gasteiger charge is -2.29. The summed E-state index contributed by atoms with van der Waals surface area (Å²) in [7, 11) is 0. The van der Waals surface area contributed by atoms with E-state index in [2.05, 4.69) is 27.0 Å². The van der Waals surface area contributed by atoms with Gasteiger partial charge in [0.05, 0.1) is 11.8 Å². The molecule has 0 spiro atoms. The van der Waals surface area contributed by atoms with Crippen LogP contribution in [-0.2, 0) is 27.5 Å². The number of benzene rings is 2. The smallest absolute Gasteiger partial charge is 0.255 e. The number of aromatic nitrogens is 3. The highest BCUT2D eigenvalue weighted by Gasteiger charge is 2.39. The van der Waals surface area contributed by atoms with Crippen LogP contribution in [-0.4, -0.2) is 49.6 Å². The molecule has 0 bridgehead atoms. The average molecular weight is 483 g/mol. The van der Waals surface area contributed by atoms with Crippen molar-refractivity contribution in [3.05, 3.63) is 64.8 Å². The number of rotatable bonds is 5. The highest BCUT2D eigenvalue weighted by atomic mass is 16.2. The van der Waals surface area contributed by atoms with Gasteiger partial charge in [0.25, 0.3) is 5.91 Å². The zero-order chi connectivity index (χ0) is 25.4. The summed E-state index contributed by atoms with van der Waals surface area (Å²) in [5.74, 6) is -1.54. The van der Waals surface area contributed by atoms with Crippen molar-refractivity contribution in [3.8, 4) is 17.3 Å². The third kappa shape index (κ3) is 4.09. The van der Waals surface area contributed by atoms with Crippen LogP contribution in [0.4, 0.5) is 5.69 Å². The molecule has 11 heteroatoms. The van der Waals surface area contributed by atoms with Gasteiger partial charge in [-0.1, -0.05) is 29.5 Å². The monoisotopic (exact) mass is 483 g/mol. The molecule has 180 valence electrons. The van der Waals surface area contributed by atoms with E-state index in [-0.39, 0.29) is 43.7 Å². The van der Waals surface area contributed by atoms with Gasteiger partial charge in [-0.05, 0) is 31.0 Å². The van der Waals surface area contributed by atoms with Gasteiger partial charge in [-0.15, -0.1) is 5.10 Å². The number of hydrogen-bond donors (Lipinski definition) is 2. The van der Waals surface area contributed by atoms with Gasteiger partial charge in [0.15, 0.2) is 0 Å². The molecule has 5 rings (SSSR count). The first-order chi connectivity index (χ1) is 17.4. The van der Waals surface area contributed by atoms with E-state index < -0.39 is 11.9 Å². The minimum atomic E-state index is -0.736. The topological polar surface area (TPSA) is 150 Å². The fourth-order valence-corrected chi connectivity index (χ4v) is 4.57. The van der Waals surface area contributed by atoms with Crippen LogP contribution in [0.1, 0.15) is 39.9 Å². The molecule has 3 heterocycles. The van der Waals surface area contributed by atoms with Crippen molar-refractivity contribution in [2.45, 2.75) is 38.9 Å². The third-order valence-electron chi connectivity index (χ3n) is 6.36. The molecule has 2 aliphatic rings. The van der Waals surface area contributed by atoms with Gasteiger partial charge in [0.1, 0.15) is 24.3 Å². The van der Waals surface area contributed by atoms with Crippen LogP contribution in [0.15, 0.2) is 42.6 Å². The maximum absolute atomic E-state index is 13.0. The lowest BCUT2D eigenvalue weighted by atomic mass is 10.0. The molecule has 4 amide bonds. The summed E-state index contributed by atoms with van der Waals surface area (Å²) in [6.07, 6.45) is 2.02. The van der Waals surface area contributed by atoms with Crippen molar-refractivity contribution in [1.82, 2.24) is 25.2 Å². The first-order valence-electron chi connectivity index (χ1n) is 11.3. The number of carbonyl (C=O) groups is 4. The Bertz CT molecular complexity index is 1470. The molecule has 1 aromatic heterocycles. The number of nitrogens with one attached hydrogen (secondary N) is 2. The summed E-state index contributed by atoms with van der Waals surface area (Å²) in [5.41, 5.74) is 3.92. The predicted octanol–water partition coefficient (Wildman–Crippen LogP) is 1.52. The largest absolute Gasteiger partial charge is 0.324 e. The summed E-state index contributed by atoms with van der Waals surface area (Å²) in [6, 6.07) is 11.9. The molecule has 0 radical (unpaired) electrons. The Morgan fingerprint density at radius 3 is 2.75 bits per heavy atom. The van der Waals surface area contributed by atoms with E-state index in [0.717, 1.165) is 5.56 Å². The van der Waals surface area contributed by atoms with E-state index >= 15 is 0 Å². The Balaban J connectivity index is 1.31.